The SMILES string of the molecule is COCCCNc1ccc2nnc(CCNC(=O)c3ccc(F)cc3)n2n1. The van der Waals surface area contributed by atoms with Gasteiger partial charge in [-0.2, -0.15) is 4.52 Å². The molecule has 1 amide bonds. The number of hydrogen-bond acceptors (Lipinski definition) is 6. The second-order valence-corrected chi connectivity index (χ2v) is 5.89. The fraction of sp³-hybridized carbons (Fsp3) is 0.333. The summed E-state index contributed by atoms with van der Waals surface area (Å²) < 4.78 is 19.6. The molecule has 0 saturated heterocycles. The van der Waals surface area contributed by atoms with Crippen LogP contribution in [-0.2, 0) is 11.2 Å². The molecule has 1 aromatic carbocycles. The van der Waals surface area contributed by atoms with E-state index in [9.17, 15) is 9.18 Å². The molecule has 27 heavy (non-hydrogen) atoms. The van der Waals surface area contributed by atoms with Crippen LogP contribution < -0.4 is 10.6 Å². The number of carbonyl (C=O) groups is 1. The molecule has 0 aliphatic rings. The second kappa shape index (κ2) is 9.04. The lowest BCUT2D eigenvalue weighted by atomic mass is 10.2. The molecule has 0 bridgehead atoms. The first kappa shape index (κ1) is 18.7. The first-order chi connectivity index (χ1) is 13.2. The average molecular weight is 372 g/mol. The van der Waals surface area contributed by atoms with E-state index in [4.69, 9.17) is 4.74 Å². The molecule has 0 atom stereocenters. The van der Waals surface area contributed by atoms with Crippen molar-refractivity contribution < 1.29 is 13.9 Å². The number of ether oxygens (including phenoxy) is 1. The number of methoxy groups -OCH3 is 1. The van der Waals surface area contributed by atoms with Gasteiger partial charge in [0.15, 0.2) is 11.5 Å². The Balaban J connectivity index is 1.57. The Hall–Kier alpha value is -3.07. The van der Waals surface area contributed by atoms with E-state index in [1.807, 2.05) is 12.1 Å². The Morgan fingerprint density at radius 3 is 2.74 bits per heavy atom. The van der Waals surface area contributed by atoms with Gasteiger partial charge in [0.25, 0.3) is 5.91 Å². The summed E-state index contributed by atoms with van der Waals surface area (Å²) >= 11 is 0. The number of fused-ring (bicyclic) bond motifs is 1. The highest BCUT2D eigenvalue weighted by molar-refractivity contribution is 5.94. The standard InChI is InChI=1S/C18H21FN6O2/c1-27-12-2-10-20-15-7-8-16-22-23-17(25(16)24-15)9-11-21-18(26)13-3-5-14(19)6-4-13/h3-8H,2,9-12H2,1H3,(H,20,24)(H,21,26). The largest absolute Gasteiger partial charge is 0.385 e. The Morgan fingerprint density at radius 1 is 1.15 bits per heavy atom. The van der Waals surface area contributed by atoms with Gasteiger partial charge in [-0.3, -0.25) is 4.79 Å². The zero-order valence-electron chi connectivity index (χ0n) is 15.0. The van der Waals surface area contributed by atoms with Crippen molar-refractivity contribution in [2.45, 2.75) is 12.8 Å². The molecular formula is C18H21FN6O2. The first-order valence-electron chi connectivity index (χ1n) is 8.65. The van der Waals surface area contributed by atoms with Crippen LogP contribution in [0.2, 0.25) is 0 Å². The number of carbonyl (C=O) groups excluding carboxylic acids is 1. The van der Waals surface area contributed by atoms with Gasteiger partial charge in [-0.1, -0.05) is 0 Å². The summed E-state index contributed by atoms with van der Waals surface area (Å²) in [5, 5.41) is 18.7. The molecule has 3 aromatic rings. The maximum Gasteiger partial charge on any atom is 0.251 e. The summed E-state index contributed by atoms with van der Waals surface area (Å²) in [6.07, 6.45) is 1.34. The number of halogens is 1. The third-order valence-electron chi connectivity index (χ3n) is 3.90. The molecule has 2 heterocycles. The van der Waals surface area contributed by atoms with Crippen molar-refractivity contribution in [2.75, 3.05) is 32.1 Å². The predicted molar refractivity (Wildman–Crippen MR) is 98.2 cm³/mol. The zero-order chi connectivity index (χ0) is 19.1. The number of anilines is 1. The minimum Gasteiger partial charge on any atom is -0.385 e. The van der Waals surface area contributed by atoms with Crippen LogP contribution in [0, 0.1) is 5.82 Å². The maximum absolute atomic E-state index is 12.9. The number of amides is 1. The van der Waals surface area contributed by atoms with E-state index in [0.29, 0.717) is 36.6 Å². The van der Waals surface area contributed by atoms with E-state index >= 15 is 0 Å². The van der Waals surface area contributed by atoms with Crippen LogP contribution in [0.4, 0.5) is 10.2 Å². The van der Waals surface area contributed by atoms with E-state index in [1.165, 1.54) is 24.3 Å². The Labute approximate surface area is 155 Å². The summed E-state index contributed by atoms with van der Waals surface area (Å²) in [5.74, 6) is 0.719. The summed E-state index contributed by atoms with van der Waals surface area (Å²) in [6.45, 7) is 1.79. The zero-order valence-corrected chi connectivity index (χ0v) is 15.0. The number of hydrogen-bond donors (Lipinski definition) is 2. The van der Waals surface area contributed by atoms with Crippen LogP contribution in [0.5, 0.6) is 0 Å². The van der Waals surface area contributed by atoms with Gasteiger partial charge < -0.3 is 15.4 Å². The molecule has 9 heteroatoms. The number of aromatic nitrogens is 4. The third kappa shape index (κ3) is 4.98. The quantitative estimate of drug-likeness (QED) is 0.555. The van der Waals surface area contributed by atoms with Crippen molar-refractivity contribution >= 4 is 17.4 Å². The average Bonchev–Trinajstić information content (AvgIpc) is 3.08. The second-order valence-electron chi connectivity index (χ2n) is 5.89. The smallest absolute Gasteiger partial charge is 0.251 e. The lowest BCUT2D eigenvalue weighted by molar-refractivity contribution is 0.0954. The van der Waals surface area contributed by atoms with Crippen LogP contribution in [-0.4, -0.2) is 52.5 Å². The molecule has 0 aliphatic heterocycles. The number of nitrogens with zero attached hydrogens (tertiary/aromatic N) is 4. The van der Waals surface area contributed by atoms with Gasteiger partial charge >= 0.3 is 0 Å². The molecule has 8 nitrogen and oxygen atoms in total. The highest BCUT2D eigenvalue weighted by atomic mass is 19.1. The monoisotopic (exact) mass is 372 g/mol. The van der Waals surface area contributed by atoms with Gasteiger partial charge in [0.2, 0.25) is 0 Å². The van der Waals surface area contributed by atoms with Crippen molar-refractivity contribution in [2.24, 2.45) is 0 Å². The fourth-order valence-electron chi connectivity index (χ4n) is 2.51. The minimum atomic E-state index is -0.376. The Kier molecular flexibility index (Phi) is 6.26. The van der Waals surface area contributed by atoms with E-state index in [0.717, 1.165) is 18.8 Å². The molecule has 142 valence electrons. The summed E-state index contributed by atoms with van der Waals surface area (Å²) in [6, 6.07) is 9.08. The minimum absolute atomic E-state index is 0.266. The van der Waals surface area contributed by atoms with E-state index in [1.54, 1.807) is 11.6 Å². The van der Waals surface area contributed by atoms with Crippen molar-refractivity contribution in [3.63, 3.8) is 0 Å². The maximum atomic E-state index is 12.9. The highest BCUT2D eigenvalue weighted by Gasteiger charge is 2.09. The summed E-state index contributed by atoms with van der Waals surface area (Å²) in [5.41, 5.74) is 1.04. The lowest BCUT2D eigenvalue weighted by Crippen LogP contribution is -2.26. The molecule has 2 aromatic heterocycles. The topological polar surface area (TPSA) is 93.4 Å². The van der Waals surface area contributed by atoms with Crippen LogP contribution in [0.3, 0.4) is 0 Å². The molecule has 3 rings (SSSR count). The molecule has 0 spiro atoms. The molecular weight excluding hydrogens is 351 g/mol. The van der Waals surface area contributed by atoms with Crippen LogP contribution in [0.25, 0.3) is 5.65 Å². The van der Waals surface area contributed by atoms with E-state index in [2.05, 4.69) is 25.9 Å². The highest BCUT2D eigenvalue weighted by Crippen LogP contribution is 2.08. The number of rotatable bonds is 9. The molecule has 0 radical (unpaired) electrons. The van der Waals surface area contributed by atoms with Gasteiger partial charge in [-0.15, -0.1) is 15.3 Å². The van der Waals surface area contributed by atoms with Crippen LogP contribution in [0.15, 0.2) is 36.4 Å². The van der Waals surface area contributed by atoms with Crippen molar-refractivity contribution in [1.29, 1.82) is 0 Å². The van der Waals surface area contributed by atoms with Crippen molar-refractivity contribution in [3.05, 3.63) is 53.6 Å². The summed E-state index contributed by atoms with van der Waals surface area (Å²) in [7, 11) is 1.67. The summed E-state index contributed by atoms with van der Waals surface area (Å²) in [4.78, 5) is 12.1. The molecule has 0 fully saturated rings. The van der Waals surface area contributed by atoms with Crippen molar-refractivity contribution in [1.82, 2.24) is 25.1 Å². The molecule has 0 saturated carbocycles. The molecule has 2 N–H and O–H groups in total. The van der Waals surface area contributed by atoms with Gasteiger partial charge in [-0.25, -0.2) is 4.39 Å². The Morgan fingerprint density at radius 2 is 1.96 bits per heavy atom. The van der Waals surface area contributed by atoms with Gasteiger partial charge in [0.05, 0.1) is 0 Å². The number of benzene rings is 1. The third-order valence-corrected chi connectivity index (χ3v) is 3.90. The van der Waals surface area contributed by atoms with Crippen LogP contribution >= 0.6 is 0 Å². The first-order valence-corrected chi connectivity index (χ1v) is 8.65. The Bertz CT molecular complexity index is 897. The van der Waals surface area contributed by atoms with Crippen LogP contribution in [0.1, 0.15) is 22.6 Å². The fourth-order valence-corrected chi connectivity index (χ4v) is 2.51. The lowest BCUT2D eigenvalue weighted by Gasteiger charge is -2.07. The molecule has 0 aliphatic carbocycles. The normalized spacial score (nSPS) is 10.9. The van der Waals surface area contributed by atoms with Gasteiger partial charge in [0.1, 0.15) is 11.6 Å². The van der Waals surface area contributed by atoms with E-state index < -0.39 is 0 Å². The molecule has 0 unspecified atom stereocenters. The van der Waals surface area contributed by atoms with Gasteiger partial charge in [-0.05, 0) is 42.8 Å². The van der Waals surface area contributed by atoms with E-state index in [-0.39, 0.29) is 11.7 Å². The number of nitrogens with one attached hydrogen (secondary N) is 2. The van der Waals surface area contributed by atoms with Crippen molar-refractivity contribution in [3.8, 4) is 0 Å². The van der Waals surface area contributed by atoms with Gasteiger partial charge in [0, 0.05) is 38.8 Å². The predicted octanol–water partition coefficient (Wildman–Crippen LogP) is 1.68.